The summed E-state index contributed by atoms with van der Waals surface area (Å²) in [5, 5.41) is 2.71. The molecule has 0 aliphatic heterocycles. The number of amides is 2. The van der Waals surface area contributed by atoms with Gasteiger partial charge in [-0.1, -0.05) is 70.5 Å². The van der Waals surface area contributed by atoms with Crippen LogP contribution in [-0.2, 0) is 32.6 Å². The number of nitrogens with zero attached hydrogens (tertiary/aromatic N) is 2. The van der Waals surface area contributed by atoms with Gasteiger partial charge in [-0.2, -0.15) is 0 Å². The molecule has 7 nitrogen and oxygen atoms in total. The second-order valence-electron chi connectivity index (χ2n) is 9.25. The van der Waals surface area contributed by atoms with Crippen LogP contribution in [0.3, 0.4) is 0 Å². The predicted molar refractivity (Wildman–Crippen MR) is 155 cm³/mol. The molecule has 3 aromatic rings. The van der Waals surface area contributed by atoms with Gasteiger partial charge in [0.15, 0.2) is 0 Å². The highest BCUT2D eigenvalue weighted by molar-refractivity contribution is 9.10. The maximum Gasteiger partial charge on any atom is 0.242 e. The number of halogens is 1. The summed E-state index contributed by atoms with van der Waals surface area (Å²) in [5.41, 5.74) is 3.34. The van der Waals surface area contributed by atoms with E-state index in [4.69, 9.17) is 0 Å². The van der Waals surface area contributed by atoms with Crippen molar-refractivity contribution in [1.82, 2.24) is 10.2 Å². The first-order chi connectivity index (χ1) is 18.1. The zero-order valence-electron chi connectivity index (χ0n) is 21.9. The van der Waals surface area contributed by atoms with Gasteiger partial charge in [-0.05, 0) is 54.3 Å². The fourth-order valence-corrected chi connectivity index (χ4v) is 5.74. The van der Waals surface area contributed by atoms with Gasteiger partial charge in [0.2, 0.25) is 21.8 Å². The zero-order chi connectivity index (χ0) is 27.7. The molecule has 1 N–H and O–H groups in total. The van der Waals surface area contributed by atoms with Gasteiger partial charge in [-0.15, -0.1) is 0 Å². The van der Waals surface area contributed by atoms with Crippen LogP contribution in [0, 0.1) is 6.92 Å². The Kier molecular flexibility index (Phi) is 10.5. The standard InChI is InChI=1S/C29H34BrN3O4S/c1-22-10-7-15-26(18-22)33(38(3,36)37)17-9-16-28(34)32(21-24-13-8-14-25(30)19-24)27(29(35)31-2)20-23-11-5-4-6-12-23/h4-8,10-15,18-19,27H,9,16-17,20-21H2,1-3H3,(H,31,35). The van der Waals surface area contributed by atoms with E-state index in [1.54, 1.807) is 18.0 Å². The number of rotatable bonds is 12. The van der Waals surface area contributed by atoms with Crippen LogP contribution in [0.15, 0.2) is 83.3 Å². The third-order valence-corrected chi connectivity index (χ3v) is 7.89. The average Bonchev–Trinajstić information content (AvgIpc) is 2.88. The van der Waals surface area contributed by atoms with Gasteiger partial charge in [0.1, 0.15) is 6.04 Å². The van der Waals surface area contributed by atoms with Gasteiger partial charge in [-0.3, -0.25) is 13.9 Å². The minimum atomic E-state index is -3.54. The van der Waals surface area contributed by atoms with E-state index < -0.39 is 16.1 Å². The Morgan fingerprint density at radius 3 is 2.26 bits per heavy atom. The topological polar surface area (TPSA) is 86.8 Å². The van der Waals surface area contributed by atoms with E-state index in [9.17, 15) is 18.0 Å². The van der Waals surface area contributed by atoms with Crippen LogP contribution in [0.1, 0.15) is 29.5 Å². The molecule has 9 heteroatoms. The van der Waals surface area contributed by atoms with Crippen molar-refractivity contribution in [2.75, 3.05) is 24.2 Å². The first-order valence-electron chi connectivity index (χ1n) is 12.4. The van der Waals surface area contributed by atoms with Gasteiger partial charge >= 0.3 is 0 Å². The average molecular weight is 601 g/mol. The predicted octanol–water partition coefficient (Wildman–Crippen LogP) is 4.69. The molecule has 0 aromatic heterocycles. The number of anilines is 1. The lowest BCUT2D eigenvalue weighted by atomic mass is 10.0. The van der Waals surface area contributed by atoms with Crippen LogP contribution in [0.5, 0.6) is 0 Å². The summed E-state index contributed by atoms with van der Waals surface area (Å²) in [6, 6.07) is 23.8. The van der Waals surface area contributed by atoms with E-state index >= 15 is 0 Å². The maximum absolute atomic E-state index is 13.7. The Morgan fingerprint density at radius 1 is 0.947 bits per heavy atom. The number of benzene rings is 3. The SMILES string of the molecule is CNC(=O)C(Cc1ccccc1)N(Cc1cccc(Br)c1)C(=O)CCCN(c1cccc(C)c1)S(C)(=O)=O. The van der Waals surface area contributed by atoms with Gasteiger partial charge < -0.3 is 10.2 Å². The Balaban J connectivity index is 1.84. The lowest BCUT2D eigenvalue weighted by Crippen LogP contribution is -2.49. The molecular weight excluding hydrogens is 566 g/mol. The van der Waals surface area contributed by atoms with Crippen molar-refractivity contribution in [1.29, 1.82) is 0 Å². The number of nitrogens with one attached hydrogen (secondary N) is 1. The van der Waals surface area contributed by atoms with E-state index in [1.165, 1.54) is 4.31 Å². The molecular formula is C29H34BrN3O4S. The van der Waals surface area contributed by atoms with Crippen molar-refractivity contribution in [3.05, 3.63) is 100 Å². The molecule has 3 rings (SSSR count). The third-order valence-electron chi connectivity index (χ3n) is 6.20. The van der Waals surface area contributed by atoms with Gasteiger partial charge in [0, 0.05) is 37.5 Å². The summed E-state index contributed by atoms with van der Waals surface area (Å²) >= 11 is 3.48. The van der Waals surface area contributed by atoms with Crippen molar-refractivity contribution in [2.24, 2.45) is 0 Å². The van der Waals surface area contributed by atoms with Crippen LogP contribution >= 0.6 is 15.9 Å². The number of aryl methyl sites for hydroxylation is 1. The van der Waals surface area contributed by atoms with Crippen LogP contribution < -0.4 is 9.62 Å². The smallest absolute Gasteiger partial charge is 0.242 e. The summed E-state index contributed by atoms with van der Waals surface area (Å²) in [4.78, 5) is 28.3. The lowest BCUT2D eigenvalue weighted by Gasteiger charge is -2.31. The molecule has 0 aliphatic carbocycles. The zero-order valence-corrected chi connectivity index (χ0v) is 24.3. The molecule has 0 bridgehead atoms. The van der Waals surface area contributed by atoms with Crippen LogP contribution in [0.4, 0.5) is 5.69 Å². The second kappa shape index (κ2) is 13.6. The Labute approximate surface area is 234 Å². The summed E-state index contributed by atoms with van der Waals surface area (Å²) in [7, 11) is -1.98. The molecule has 0 aliphatic rings. The molecule has 0 saturated carbocycles. The van der Waals surface area contributed by atoms with Crippen molar-refractivity contribution in [3.8, 4) is 0 Å². The highest BCUT2D eigenvalue weighted by atomic mass is 79.9. The van der Waals surface area contributed by atoms with Crippen molar-refractivity contribution >= 4 is 43.5 Å². The van der Waals surface area contributed by atoms with Crippen molar-refractivity contribution in [2.45, 2.75) is 38.8 Å². The molecule has 0 spiro atoms. The largest absolute Gasteiger partial charge is 0.357 e. The lowest BCUT2D eigenvalue weighted by molar-refractivity contribution is -0.141. The van der Waals surface area contributed by atoms with Gasteiger partial charge in [0.05, 0.1) is 11.9 Å². The molecule has 2 amide bonds. The molecule has 0 saturated heterocycles. The van der Waals surface area contributed by atoms with E-state index in [1.807, 2.05) is 79.7 Å². The summed E-state index contributed by atoms with van der Waals surface area (Å²) < 4.78 is 27.3. The minimum Gasteiger partial charge on any atom is -0.357 e. The van der Waals surface area contributed by atoms with Gasteiger partial charge in [0.25, 0.3) is 0 Å². The molecule has 1 unspecified atom stereocenters. The van der Waals surface area contributed by atoms with Crippen LogP contribution in [-0.4, -0.2) is 51.0 Å². The Morgan fingerprint density at radius 2 is 1.63 bits per heavy atom. The Bertz CT molecular complexity index is 1350. The van der Waals surface area contributed by atoms with E-state index in [0.717, 1.165) is 27.4 Å². The molecule has 0 fully saturated rings. The number of hydrogen-bond donors (Lipinski definition) is 1. The minimum absolute atomic E-state index is 0.0914. The normalized spacial score (nSPS) is 12.0. The molecule has 3 aromatic carbocycles. The maximum atomic E-state index is 13.7. The first kappa shape index (κ1) is 29.4. The molecule has 38 heavy (non-hydrogen) atoms. The number of likely N-dealkylation sites (N-methyl/N-ethyl adjacent to an activating group) is 1. The fourth-order valence-electron chi connectivity index (χ4n) is 4.34. The number of carbonyl (C=O) groups is 2. The third kappa shape index (κ3) is 8.43. The van der Waals surface area contributed by atoms with Crippen LogP contribution in [0.2, 0.25) is 0 Å². The second-order valence-corrected chi connectivity index (χ2v) is 12.1. The fraction of sp³-hybridized carbons (Fsp3) is 0.310. The van der Waals surface area contributed by atoms with E-state index in [-0.39, 0.29) is 31.3 Å². The molecule has 0 heterocycles. The summed E-state index contributed by atoms with van der Waals surface area (Å²) in [6.07, 6.45) is 1.92. The number of sulfonamides is 1. The molecule has 0 radical (unpaired) electrons. The highest BCUT2D eigenvalue weighted by Gasteiger charge is 2.30. The number of carbonyl (C=O) groups excluding carboxylic acids is 2. The Hall–Kier alpha value is -3.17. The van der Waals surface area contributed by atoms with Crippen molar-refractivity contribution in [3.63, 3.8) is 0 Å². The molecule has 1 atom stereocenters. The van der Waals surface area contributed by atoms with Crippen molar-refractivity contribution < 1.29 is 18.0 Å². The first-order valence-corrected chi connectivity index (χ1v) is 15.1. The van der Waals surface area contributed by atoms with E-state index in [0.29, 0.717) is 18.5 Å². The summed E-state index contributed by atoms with van der Waals surface area (Å²) in [6.45, 7) is 2.30. The van der Waals surface area contributed by atoms with Crippen LogP contribution in [0.25, 0.3) is 0 Å². The monoisotopic (exact) mass is 599 g/mol. The molecule has 202 valence electrons. The summed E-state index contributed by atoms with van der Waals surface area (Å²) in [5.74, 6) is -0.470. The van der Waals surface area contributed by atoms with E-state index in [2.05, 4.69) is 21.2 Å². The highest BCUT2D eigenvalue weighted by Crippen LogP contribution is 2.22. The van der Waals surface area contributed by atoms with Gasteiger partial charge in [-0.25, -0.2) is 8.42 Å². The quantitative estimate of drug-likeness (QED) is 0.327. The number of hydrogen-bond acceptors (Lipinski definition) is 4.